The molecule has 4 rings (SSSR count). The van der Waals surface area contributed by atoms with E-state index in [0.29, 0.717) is 0 Å². The van der Waals surface area contributed by atoms with Crippen LogP contribution in [0.25, 0.3) is 0 Å². The van der Waals surface area contributed by atoms with E-state index in [2.05, 4.69) is 55.4 Å². The van der Waals surface area contributed by atoms with Crippen molar-refractivity contribution in [2.45, 2.75) is 316 Å². The molecule has 56 heavy (non-hydrogen) atoms. The van der Waals surface area contributed by atoms with Crippen molar-refractivity contribution in [1.82, 2.24) is 0 Å². The van der Waals surface area contributed by atoms with Gasteiger partial charge >= 0.3 is 0 Å². The summed E-state index contributed by atoms with van der Waals surface area (Å²) < 4.78 is 0. The van der Waals surface area contributed by atoms with Gasteiger partial charge in [0.1, 0.15) is 0 Å². The van der Waals surface area contributed by atoms with Gasteiger partial charge in [0, 0.05) is 0 Å². The Hall–Kier alpha value is 0. The predicted molar refractivity (Wildman–Crippen MR) is 266 cm³/mol. The van der Waals surface area contributed by atoms with E-state index in [9.17, 15) is 0 Å². The third-order valence-corrected chi connectivity index (χ3v) is 13.4. The number of hydrogen-bond acceptors (Lipinski definition) is 0. The fraction of sp³-hybridized carbons (Fsp3) is 1.00. The van der Waals surface area contributed by atoms with Crippen LogP contribution in [0.3, 0.4) is 0 Å². The molecule has 0 aromatic heterocycles. The fourth-order valence-corrected chi connectivity index (χ4v) is 9.32. The van der Waals surface area contributed by atoms with Gasteiger partial charge in [-0.15, -0.1) is 0 Å². The first-order valence-corrected chi connectivity index (χ1v) is 27.2. The Labute approximate surface area is 362 Å². The van der Waals surface area contributed by atoms with Crippen molar-refractivity contribution in [2.24, 2.45) is 47.3 Å². The molecule has 0 amide bonds. The monoisotopic (exact) mass is 793 g/mol. The Balaban J connectivity index is -0.000000303. The molecule has 0 atom stereocenters. The molecule has 0 aromatic carbocycles. The third kappa shape index (κ3) is 42.1. The van der Waals surface area contributed by atoms with Crippen LogP contribution in [0.1, 0.15) is 316 Å². The lowest BCUT2D eigenvalue weighted by Gasteiger charge is -2.19. The molecule has 0 spiro atoms. The summed E-state index contributed by atoms with van der Waals surface area (Å²) in [7, 11) is 0. The summed E-state index contributed by atoms with van der Waals surface area (Å²) in [6.07, 6.45) is 47.7. The molecule has 0 bridgehead atoms. The van der Waals surface area contributed by atoms with Crippen molar-refractivity contribution >= 4 is 0 Å². The van der Waals surface area contributed by atoms with E-state index >= 15 is 0 Å². The third-order valence-electron chi connectivity index (χ3n) is 13.4. The maximum atomic E-state index is 2.39. The molecule has 344 valence electrons. The van der Waals surface area contributed by atoms with Gasteiger partial charge in [0.15, 0.2) is 0 Å². The molecule has 0 aliphatic heterocycles. The van der Waals surface area contributed by atoms with Gasteiger partial charge < -0.3 is 0 Å². The van der Waals surface area contributed by atoms with Gasteiger partial charge in [-0.25, -0.2) is 0 Å². The molecular weight excluding hydrogens is 673 g/mol. The van der Waals surface area contributed by atoms with E-state index in [1.807, 2.05) is 55.4 Å². The van der Waals surface area contributed by atoms with E-state index in [4.69, 9.17) is 0 Å². The SMILES string of the molecule is CC.CC.CC.CC.CC(C)C1CCCCCCCC1.CC(C)C1CCCCCCCC1.CC(C)C1CCCCCCCC1.CC(C)C1CCCCCCCC1. The highest BCUT2D eigenvalue weighted by molar-refractivity contribution is 4.68. The average Bonchev–Trinajstić information content (AvgIpc) is 3.60. The quantitative estimate of drug-likeness (QED) is 0.266. The van der Waals surface area contributed by atoms with Gasteiger partial charge in [-0.05, 0) is 47.3 Å². The molecule has 4 aliphatic carbocycles. The van der Waals surface area contributed by atoms with E-state index in [0.717, 1.165) is 47.3 Å². The van der Waals surface area contributed by atoms with Crippen LogP contribution in [0.15, 0.2) is 0 Å². The first-order valence-electron chi connectivity index (χ1n) is 27.2. The standard InChI is InChI=1S/4C12H24.4C2H6/c4*1-11(2)12-9-7-5-3-4-6-8-10-12;4*1-2/h4*11-12H,3-10H2,1-2H3;4*1-2H3. The Morgan fingerprint density at radius 3 is 0.357 bits per heavy atom. The average molecular weight is 794 g/mol. The molecule has 0 heteroatoms. The van der Waals surface area contributed by atoms with Crippen LogP contribution in [-0.2, 0) is 0 Å². The highest BCUT2D eigenvalue weighted by Crippen LogP contribution is 2.30. The first-order chi connectivity index (χ1) is 27.2. The Bertz CT molecular complexity index is 490. The normalized spacial score (nSPS) is 20.4. The van der Waals surface area contributed by atoms with Crippen LogP contribution >= 0.6 is 0 Å². The van der Waals surface area contributed by atoms with Crippen LogP contribution in [0.4, 0.5) is 0 Å². The Morgan fingerprint density at radius 1 is 0.179 bits per heavy atom. The van der Waals surface area contributed by atoms with Crippen molar-refractivity contribution in [3.05, 3.63) is 0 Å². The minimum atomic E-state index is 0.920. The second-order valence-electron chi connectivity index (χ2n) is 18.8. The van der Waals surface area contributed by atoms with Gasteiger partial charge in [0.25, 0.3) is 0 Å². The largest absolute Gasteiger partial charge is 0.0683 e. The first kappa shape index (κ1) is 62.6. The topological polar surface area (TPSA) is 0 Å². The molecule has 4 aliphatic rings. The summed E-state index contributed by atoms with van der Waals surface area (Å²) in [5.74, 6) is 7.80. The summed E-state index contributed by atoms with van der Waals surface area (Å²) in [4.78, 5) is 0. The van der Waals surface area contributed by atoms with Crippen molar-refractivity contribution in [1.29, 1.82) is 0 Å². The number of hydrogen-bond donors (Lipinski definition) is 0. The van der Waals surface area contributed by atoms with Crippen molar-refractivity contribution in [3.8, 4) is 0 Å². The van der Waals surface area contributed by atoms with Crippen LogP contribution in [0.5, 0.6) is 0 Å². The molecular formula is C56H120. The predicted octanol–water partition coefficient (Wildman–Crippen LogP) is 21.7. The summed E-state index contributed by atoms with van der Waals surface area (Å²) in [6, 6.07) is 0. The Kier molecular flexibility index (Phi) is 57.2. The molecule has 0 heterocycles. The highest BCUT2D eigenvalue weighted by atomic mass is 14.2. The second kappa shape index (κ2) is 51.1. The summed E-state index contributed by atoms with van der Waals surface area (Å²) in [5, 5.41) is 0. The summed E-state index contributed by atoms with van der Waals surface area (Å²) in [6.45, 7) is 35.1. The van der Waals surface area contributed by atoms with E-state index in [1.54, 1.807) is 0 Å². The van der Waals surface area contributed by atoms with Gasteiger partial charge in [-0.2, -0.15) is 0 Å². The minimum absolute atomic E-state index is 0.920. The molecule has 4 saturated carbocycles. The van der Waals surface area contributed by atoms with Crippen LogP contribution in [-0.4, -0.2) is 0 Å². The van der Waals surface area contributed by atoms with Gasteiger partial charge in [-0.3, -0.25) is 0 Å². The summed E-state index contributed by atoms with van der Waals surface area (Å²) in [5.41, 5.74) is 0. The maximum absolute atomic E-state index is 2.39. The van der Waals surface area contributed by atoms with Crippen molar-refractivity contribution in [2.75, 3.05) is 0 Å². The van der Waals surface area contributed by atoms with Crippen molar-refractivity contribution in [3.63, 3.8) is 0 Å². The van der Waals surface area contributed by atoms with E-state index < -0.39 is 0 Å². The zero-order valence-corrected chi connectivity index (χ0v) is 43.2. The number of rotatable bonds is 4. The minimum Gasteiger partial charge on any atom is -0.0683 e. The maximum Gasteiger partial charge on any atom is -0.0391 e. The molecule has 4 fully saturated rings. The van der Waals surface area contributed by atoms with Crippen LogP contribution in [0.2, 0.25) is 0 Å². The zero-order valence-electron chi connectivity index (χ0n) is 43.2. The fourth-order valence-electron chi connectivity index (χ4n) is 9.32. The van der Waals surface area contributed by atoms with E-state index in [1.165, 1.54) is 205 Å². The lowest BCUT2D eigenvalue weighted by atomic mass is 9.87. The molecule has 0 aromatic rings. The van der Waals surface area contributed by atoms with E-state index in [-0.39, 0.29) is 0 Å². The lowest BCUT2D eigenvalue weighted by molar-refractivity contribution is 0.324. The lowest BCUT2D eigenvalue weighted by Crippen LogP contribution is -2.08. The molecule has 0 radical (unpaired) electrons. The highest BCUT2D eigenvalue weighted by Gasteiger charge is 2.16. The second-order valence-corrected chi connectivity index (χ2v) is 18.8. The molecule has 0 N–H and O–H groups in total. The van der Waals surface area contributed by atoms with Crippen LogP contribution in [0, 0.1) is 47.3 Å². The summed E-state index contributed by atoms with van der Waals surface area (Å²) >= 11 is 0. The van der Waals surface area contributed by atoms with Crippen LogP contribution < -0.4 is 0 Å². The smallest absolute Gasteiger partial charge is 0.0391 e. The van der Waals surface area contributed by atoms with Gasteiger partial charge in [0.05, 0.1) is 0 Å². The molecule has 0 nitrogen and oxygen atoms in total. The Morgan fingerprint density at radius 2 is 0.268 bits per heavy atom. The van der Waals surface area contributed by atoms with Gasteiger partial charge in [-0.1, -0.05) is 316 Å². The molecule has 0 unspecified atom stereocenters. The molecule has 0 saturated heterocycles. The van der Waals surface area contributed by atoms with Crippen molar-refractivity contribution < 1.29 is 0 Å². The van der Waals surface area contributed by atoms with Gasteiger partial charge in [0.2, 0.25) is 0 Å². The zero-order chi connectivity index (χ0) is 43.2.